The second-order valence-electron chi connectivity index (χ2n) is 2.85. The normalized spacial score (nSPS) is 10.2. The molecule has 2 N–H and O–H groups in total. The zero-order chi connectivity index (χ0) is 10.4. The fourth-order valence-electron chi connectivity index (χ4n) is 1.17. The molecule has 0 fully saturated rings. The number of hydrogen-bond donors (Lipinski definition) is 2. The minimum absolute atomic E-state index is 0.0155. The molecule has 0 saturated carbocycles. The first-order chi connectivity index (χ1) is 6.77. The molecule has 0 bridgehead atoms. The Morgan fingerprint density at radius 1 is 1.50 bits per heavy atom. The maximum atomic E-state index is 8.64. The molecule has 0 saturated heterocycles. The number of halogens is 1. The summed E-state index contributed by atoms with van der Waals surface area (Å²) in [6.07, 6.45) is 0. The summed E-state index contributed by atoms with van der Waals surface area (Å²) in [6, 6.07) is 5.43. The summed E-state index contributed by atoms with van der Waals surface area (Å²) < 4.78 is 5.35. The lowest BCUT2D eigenvalue weighted by atomic mass is 10.2. The van der Waals surface area contributed by atoms with E-state index in [0.717, 1.165) is 11.3 Å². The topological polar surface area (TPSA) is 41.5 Å². The monoisotopic (exact) mass is 215 g/mol. The van der Waals surface area contributed by atoms with Crippen LogP contribution >= 0.6 is 11.6 Å². The lowest BCUT2D eigenvalue weighted by Crippen LogP contribution is -2.09. The van der Waals surface area contributed by atoms with Crippen molar-refractivity contribution in [2.24, 2.45) is 0 Å². The summed E-state index contributed by atoms with van der Waals surface area (Å²) in [5.41, 5.74) is 0.994. The molecule has 0 spiro atoms. The van der Waals surface area contributed by atoms with Gasteiger partial charge in [-0.25, -0.2) is 0 Å². The highest BCUT2D eigenvalue weighted by molar-refractivity contribution is 6.30. The molecule has 1 aromatic rings. The predicted molar refractivity (Wildman–Crippen MR) is 56.8 cm³/mol. The molecule has 0 radical (unpaired) electrons. The fraction of sp³-hybridized carbons (Fsp3) is 0.400. The summed E-state index contributed by atoms with van der Waals surface area (Å²) >= 11 is 5.85. The highest BCUT2D eigenvalue weighted by atomic mass is 35.5. The van der Waals surface area contributed by atoms with Crippen LogP contribution in [-0.4, -0.2) is 25.4 Å². The third-order valence-electron chi connectivity index (χ3n) is 1.74. The average Bonchev–Trinajstić information content (AvgIpc) is 2.17. The Kier molecular flexibility index (Phi) is 4.73. The van der Waals surface area contributed by atoms with Crippen molar-refractivity contribution in [3.05, 3.63) is 28.8 Å². The number of hydrogen-bond acceptors (Lipinski definition) is 3. The number of aliphatic hydroxyl groups excluding tert-OH is 1. The number of nitrogens with one attached hydrogen (secondary N) is 1. The van der Waals surface area contributed by atoms with Crippen molar-refractivity contribution in [1.82, 2.24) is 5.32 Å². The smallest absolute Gasteiger partial charge is 0.124 e. The van der Waals surface area contributed by atoms with Gasteiger partial charge in [0.2, 0.25) is 0 Å². The van der Waals surface area contributed by atoms with Crippen molar-refractivity contribution >= 4 is 11.6 Å². The van der Waals surface area contributed by atoms with Crippen LogP contribution in [0.1, 0.15) is 5.56 Å². The third-order valence-corrected chi connectivity index (χ3v) is 1.97. The second kappa shape index (κ2) is 5.86. The van der Waals surface area contributed by atoms with Gasteiger partial charge in [-0.15, -0.1) is 0 Å². The molecular formula is C10H14ClNO2. The van der Waals surface area contributed by atoms with Crippen LogP contribution in [0.3, 0.4) is 0 Å². The second-order valence-corrected chi connectivity index (χ2v) is 3.29. The van der Waals surface area contributed by atoms with Gasteiger partial charge < -0.3 is 15.2 Å². The van der Waals surface area contributed by atoms with Crippen LogP contribution in [0, 0.1) is 0 Å². The summed E-state index contributed by atoms with van der Waals surface area (Å²) in [7, 11) is 1.86. The van der Waals surface area contributed by atoms with Gasteiger partial charge in [-0.05, 0) is 25.2 Å². The molecule has 1 aromatic carbocycles. The molecule has 1 rings (SSSR count). The minimum atomic E-state index is 0.0155. The van der Waals surface area contributed by atoms with Gasteiger partial charge in [0.1, 0.15) is 12.4 Å². The lowest BCUT2D eigenvalue weighted by molar-refractivity contribution is 0.200. The molecule has 0 amide bonds. The number of aliphatic hydroxyl groups is 1. The quantitative estimate of drug-likeness (QED) is 0.781. The maximum absolute atomic E-state index is 8.64. The van der Waals surface area contributed by atoms with Crippen LogP contribution in [0.5, 0.6) is 5.75 Å². The molecule has 0 aromatic heterocycles. The van der Waals surface area contributed by atoms with Crippen LogP contribution < -0.4 is 10.1 Å². The number of ether oxygens (including phenoxy) is 1. The fourth-order valence-corrected chi connectivity index (χ4v) is 1.37. The highest BCUT2D eigenvalue weighted by Gasteiger charge is 2.03. The summed E-state index contributed by atoms with van der Waals surface area (Å²) in [4.78, 5) is 0. The van der Waals surface area contributed by atoms with Crippen LogP contribution in [0.25, 0.3) is 0 Å². The zero-order valence-corrected chi connectivity index (χ0v) is 8.84. The van der Waals surface area contributed by atoms with Gasteiger partial charge in [0, 0.05) is 17.1 Å². The predicted octanol–water partition coefficient (Wildman–Crippen LogP) is 1.43. The zero-order valence-electron chi connectivity index (χ0n) is 8.09. The Bertz CT molecular complexity index is 291. The van der Waals surface area contributed by atoms with E-state index in [-0.39, 0.29) is 6.61 Å². The van der Waals surface area contributed by atoms with E-state index in [0.29, 0.717) is 18.2 Å². The van der Waals surface area contributed by atoms with E-state index in [1.54, 1.807) is 6.07 Å². The van der Waals surface area contributed by atoms with Crippen LogP contribution in [0.15, 0.2) is 18.2 Å². The Hall–Kier alpha value is -0.770. The van der Waals surface area contributed by atoms with E-state index < -0.39 is 0 Å². The van der Waals surface area contributed by atoms with Crippen LogP contribution in [-0.2, 0) is 6.54 Å². The van der Waals surface area contributed by atoms with Crippen molar-refractivity contribution in [3.63, 3.8) is 0 Å². The first kappa shape index (κ1) is 11.3. The number of rotatable bonds is 5. The van der Waals surface area contributed by atoms with Gasteiger partial charge in [-0.2, -0.15) is 0 Å². The standard InChI is InChI=1S/C10H14ClNO2/c1-12-7-8-6-9(11)2-3-10(8)14-5-4-13/h2-3,6,12-13H,4-5,7H2,1H3. The van der Waals surface area contributed by atoms with Crippen LogP contribution in [0.2, 0.25) is 5.02 Å². The molecule has 0 heterocycles. The molecule has 0 aliphatic heterocycles. The molecule has 4 heteroatoms. The van der Waals surface area contributed by atoms with Crippen LogP contribution in [0.4, 0.5) is 0 Å². The van der Waals surface area contributed by atoms with Gasteiger partial charge in [0.15, 0.2) is 0 Å². The summed E-state index contributed by atoms with van der Waals surface area (Å²) in [5, 5.41) is 12.3. The first-order valence-corrected chi connectivity index (χ1v) is 4.82. The van der Waals surface area contributed by atoms with E-state index in [1.165, 1.54) is 0 Å². The Morgan fingerprint density at radius 3 is 2.93 bits per heavy atom. The summed E-state index contributed by atoms with van der Waals surface area (Å²) in [6.45, 7) is 1.02. The van der Waals surface area contributed by atoms with E-state index in [9.17, 15) is 0 Å². The van der Waals surface area contributed by atoms with Gasteiger partial charge in [0.25, 0.3) is 0 Å². The molecule has 0 unspecified atom stereocenters. The summed E-state index contributed by atoms with van der Waals surface area (Å²) in [5.74, 6) is 0.762. The number of benzene rings is 1. The Balaban J connectivity index is 2.78. The third kappa shape index (κ3) is 3.18. The van der Waals surface area contributed by atoms with Crippen molar-refractivity contribution in [1.29, 1.82) is 0 Å². The van der Waals surface area contributed by atoms with Gasteiger partial charge in [0.05, 0.1) is 6.61 Å². The van der Waals surface area contributed by atoms with Crippen molar-refractivity contribution in [3.8, 4) is 5.75 Å². The van der Waals surface area contributed by atoms with E-state index in [4.69, 9.17) is 21.4 Å². The molecular weight excluding hydrogens is 202 g/mol. The molecule has 0 atom stereocenters. The Morgan fingerprint density at radius 2 is 2.29 bits per heavy atom. The van der Waals surface area contributed by atoms with Crippen molar-refractivity contribution in [2.45, 2.75) is 6.54 Å². The molecule has 78 valence electrons. The SMILES string of the molecule is CNCc1cc(Cl)ccc1OCCO. The Labute approximate surface area is 88.7 Å². The van der Waals surface area contributed by atoms with E-state index in [1.807, 2.05) is 19.2 Å². The maximum Gasteiger partial charge on any atom is 0.124 e. The average molecular weight is 216 g/mol. The van der Waals surface area contributed by atoms with Crippen molar-refractivity contribution in [2.75, 3.05) is 20.3 Å². The van der Waals surface area contributed by atoms with Gasteiger partial charge in [-0.1, -0.05) is 11.6 Å². The van der Waals surface area contributed by atoms with E-state index in [2.05, 4.69) is 5.32 Å². The van der Waals surface area contributed by atoms with Gasteiger partial charge in [-0.3, -0.25) is 0 Å². The molecule has 0 aliphatic rings. The largest absolute Gasteiger partial charge is 0.491 e. The molecule has 0 aliphatic carbocycles. The lowest BCUT2D eigenvalue weighted by Gasteiger charge is -2.10. The van der Waals surface area contributed by atoms with E-state index >= 15 is 0 Å². The first-order valence-electron chi connectivity index (χ1n) is 4.44. The minimum Gasteiger partial charge on any atom is -0.491 e. The molecule has 14 heavy (non-hydrogen) atoms. The van der Waals surface area contributed by atoms with Gasteiger partial charge >= 0.3 is 0 Å². The van der Waals surface area contributed by atoms with Crippen molar-refractivity contribution < 1.29 is 9.84 Å². The highest BCUT2D eigenvalue weighted by Crippen LogP contribution is 2.22. The molecule has 3 nitrogen and oxygen atoms in total.